The molecule has 2 rings (SSSR count). The van der Waals surface area contributed by atoms with Crippen molar-refractivity contribution in [2.24, 2.45) is 0 Å². The molecule has 0 fully saturated rings. The van der Waals surface area contributed by atoms with E-state index in [1.807, 2.05) is 10.3 Å². The average molecular weight is 320 g/mol. The Morgan fingerprint density at radius 2 is 1.77 bits per heavy atom. The summed E-state index contributed by atoms with van der Waals surface area (Å²) in [4.78, 5) is 32.1. The molecular weight excluding hydrogens is 308 g/mol. The standard InChI is InChI=1S/C13H12N4O4S/c1-9(18)10-2-4-11(5-3-10)22(20,21)17-16-13(19)12-8-14-6-7-15-12/h2-8,17H,1H3,(H,16,19). The van der Waals surface area contributed by atoms with Gasteiger partial charge in [-0.3, -0.25) is 20.0 Å². The molecule has 2 aromatic rings. The van der Waals surface area contributed by atoms with Crippen LogP contribution in [0.2, 0.25) is 0 Å². The maximum atomic E-state index is 12.0. The molecule has 0 aliphatic heterocycles. The van der Waals surface area contributed by atoms with Gasteiger partial charge in [-0.05, 0) is 19.1 Å². The first-order valence-electron chi connectivity index (χ1n) is 6.09. The van der Waals surface area contributed by atoms with Gasteiger partial charge in [-0.25, -0.2) is 13.4 Å². The summed E-state index contributed by atoms with van der Waals surface area (Å²) in [5.74, 6) is -0.912. The quantitative estimate of drug-likeness (QED) is 0.604. The van der Waals surface area contributed by atoms with E-state index in [1.54, 1.807) is 0 Å². The maximum Gasteiger partial charge on any atom is 0.286 e. The highest BCUT2D eigenvalue weighted by molar-refractivity contribution is 7.89. The molecule has 0 aliphatic carbocycles. The van der Waals surface area contributed by atoms with Crippen LogP contribution in [0.25, 0.3) is 0 Å². The van der Waals surface area contributed by atoms with E-state index < -0.39 is 15.9 Å². The molecule has 22 heavy (non-hydrogen) atoms. The van der Waals surface area contributed by atoms with Crippen LogP contribution >= 0.6 is 0 Å². The van der Waals surface area contributed by atoms with E-state index in [4.69, 9.17) is 0 Å². The number of benzene rings is 1. The lowest BCUT2D eigenvalue weighted by atomic mass is 10.2. The summed E-state index contributed by atoms with van der Waals surface area (Å²) in [6.45, 7) is 1.38. The van der Waals surface area contributed by atoms with Crippen molar-refractivity contribution in [1.29, 1.82) is 0 Å². The first-order chi connectivity index (χ1) is 10.4. The number of Topliss-reactive ketones (excluding diaryl/α,β-unsaturated/α-hetero) is 1. The minimum atomic E-state index is -3.95. The minimum Gasteiger partial charge on any atom is -0.295 e. The monoisotopic (exact) mass is 320 g/mol. The fourth-order valence-electron chi connectivity index (χ4n) is 1.52. The molecule has 0 radical (unpaired) electrons. The van der Waals surface area contributed by atoms with Crippen LogP contribution in [0.15, 0.2) is 47.8 Å². The molecule has 0 spiro atoms. The third-order valence-corrected chi connectivity index (χ3v) is 3.93. The highest BCUT2D eigenvalue weighted by Crippen LogP contribution is 2.10. The molecule has 9 heteroatoms. The normalized spacial score (nSPS) is 11.0. The lowest BCUT2D eigenvalue weighted by Gasteiger charge is -2.08. The predicted octanol–water partition coefficient (Wildman–Crippen LogP) is 0.302. The first-order valence-corrected chi connectivity index (χ1v) is 7.57. The summed E-state index contributed by atoms with van der Waals surface area (Å²) in [6, 6.07) is 5.32. The second kappa shape index (κ2) is 6.41. The van der Waals surface area contributed by atoms with Gasteiger partial charge in [0.2, 0.25) is 0 Å². The Hall–Kier alpha value is -2.65. The Balaban J connectivity index is 2.08. The number of aromatic nitrogens is 2. The molecule has 0 atom stereocenters. The number of hydrogen-bond acceptors (Lipinski definition) is 6. The second-order valence-corrected chi connectivity index (χ2v) is 5.91. The number of ketones is 1. The van der Waals surface area contributed by atoms with Crippen molar-refractivity contribution in [3.8, 4) is 0 Å². The Morgan fingerprint density at radius 1 is 1.09 bits per heavy atom. The number of sulfonamides is 1. The predicted molar refractivity (Wildman–Crippen MR) is 76.3 cm³/mol. The van der Waals surface area contributed by atoms with Crippen LogP contribution in [0.4, 0.5) is 0 Å². The average Bonchev–Trinajstić information content (AvgIpc) is 2.53. The summed E-state index contributed by atoms with van der Waals surface area (Å²) < 4.78 is 24.0. The molecule has 0 unspecified atom stereocenters. The van der Waals surface area contributed by atoms with Crippen molar-refractivity contribution in [2.45, 2.75) is 11.8 Å². The first kappa shape index (κ1) is 15.7. The van der Waals surface area contributed by atoms with Crippen molar-refractivity contribution in [2.75, 3.05) is 0 Å². The number of carbonyl (C=O) groups is 2. The van der Waals surface area contributed by atoms with E-state index in [0.29, 0.717) is 5.56 Å². The minimum absolute atomic E-state index is 0.0304. The van der Waals surface area contributed by atoms with Crippen molar-refractivity contribution in [3.63, 3.8) is 0 Å². The Labute approximate surface area is 126 Å². The van der Waals surface area contributed by atoms with Crippen molar-refractivity contribution < 1.29 is 18.0 Å². The molecule has 2 N–H and O–H groups in total. The number of nitrogens with zero attached hydrogens (tertiary/aromatic N) is 2. The van der Waals surface area contributed by atoms with Crippen LogP contribution < -0.4 is 10.3 Å². The molecule has 114 valence electrons. The maximum absolute atomic E-state index is 12.0. The highest BCUT2D eigenvalue weighted by Gasteiger charge is 2.16. The Bertz CT molecular complexity index is 789. The second-order valence-electron chi connectivity index (χ2n) is 4.23. The van der Waals surface area contributed by atoms with E-state index in [0.717, 1.165) is 0 Å². The van der Waals surface area contributed by atoms with Gasteiger partial charge in [-0.2, -0.15) is 0 Å². The van der Waals surface area contributed by atoms with Crippen LogP contribution in [-0.4, -0.2) is 30.1 Å². The number of amides is 1. The molecule has 8 nitrogen and oxygen atoms in total. The fourth-order valence-corrected chi connectivity index (χ4v) is 2.36. The lowest BCUT2D eigenvalue weighted by molar-refractivity contribution is 0.0939. The van der Waals surface area contributed by atoms with Crippen LogP contribution in [0.3, 0.4) is 0 Å². The van der Waals surface area contributed by atoms with Gasteiger partial charge in [-0.15, -0.1) is 4.83 Å². The molecule has 0 bridgehead atoms. The third kappa shape index (κ3) is 3.71. The summed E-state index contributed by atoms with van der Waals surface area (Å²) >= 11 is 0. The molecule has 1 amide bonds. The smallest absolute Gasteiger partial charge is 0.286 e. The number of hydrogen-bond donors (Lipinski definition) is 2. The molecule has 0 saturated carbocycles. The topological polar surface area (TPSA) is 118 Å². The summed E-state index contributed by atoms with van der Waals surface area (Å²) in [5.41, 5.74) is 2.39. The van der Waals surface area contributed by atoms with Gasteiger partial charge in [0.15, 0.2) is 5.78 Å². The van der Waals surface area contributed by atoms with E-state index in [1.165, 1.54) is 49.8 Å². The van der Waals surface area contributed by atoms with Gasteiger partial charge in [0.05, 0.1) is 11.1 Å². The fraction of sp³-hybridized carbons (Fsp3) is 0.0769. The van der Waals surface area contributed by atoms with Gasteiger partial charge in [-0.1, -0.05) is 12.1 Å². The Kier molecular flexibility index (Phi) is 4.59. The molecule has 1 aromatic heterocycles. The van der Waals surface area contributed by atoms with Crippen LogP contribution in [0.5, 0.6) is 0 Å². The summed E-state index contributed by atoms with van der Waals surface area (Å²) in [5, 5.41) is 0. The van der Waals surface area contributed by atoms with Gasteiger partial charge in [0.1, 0.15) is 5.69 Å². The van der Waals surface area contributed by atoms with E-state index in [2.05, 4.69) is 9.97 Å². The van der Waals surface area contributed by atoms with Crippen LogP contribution in [0.1, 0.15) is 27.8 Å². The number of rotatable bonds is 5. The lowest BCUT2D eigenvalue weighted by Crippen LogP contribution is -2.41. The number of hydrazine groups is 1. The SMILES string of the molecule is CC(=O)c1ccc(S(=O)(=O)NNC(=O)c2cnccn2)cc1. The summed E-state index contributed by atoms with van der Waals surface area (Å²) in [7, 11) is -3.95. The van der Waals surface area contributed by atoms with Gasteiger partial charge < -0.3 is 0 Å². The molecule has 0 aliphatic rings. The van der Waals surface area contributed by atoms with Gasteiger partial charge in [0.25, 0.3) is 15.9 Å². The largest absolute Gasteiger partial charge is 0.295 e. The van der Waals surface area contributed by atoms with Crippen LogP contribution in [-0.2, 0) is 10.0 Å². The molecular formula is C13H12N4O4S. The zero-order chi connectivity index (χ0) is 16.2. The van der Waals surface area contributed by atoms with E-state index in [-0.39, 0.29) is 16.4 Å². The zero-order valence-corrected chi connectivity index (χ0v) is 12.3. The number of nitrogens with one attached hydrogen (secondary N) is 2. The van der Waals surface area contributed by atoms with E-state index >= 15 is 0 Å². The van der Waals surface area contributed by atoms with Gasteiger partial charge in [0, 0.05) is 18.0 Å². The zero-order valence-electron chi connectivity index (χ0n) is 11.5. The third-order valence-electron chi connectivity index (χ3n) is 2.67. The van der Waals surface area contributed by atoms with Gasteiger partial charge >= 0.3 is 0 Å². The number of carbonyl (C=O) groups excluding carboxylic acids is 2. The molecule has 1 heterocycles. The van der Waals surface area contributed by atoms with Crippen molar-refractivity contribution >= 4 is 21.7 Å². The van der Waals surface area contributed by atoms with Crippen LogP contribution in [0, 0.1) is 0 Å². The Morgan fingerprint density at radius 3 is 2.32 bits per heavy atom. The van der Waals surface area contributed by atoms with E-state index in [9.17, 15) is 18.0 Å². The molecule has 1 aromatic carbocycles. The van der Waals surface area contributed by atoms with Crippen molar-refractivity contribution in [1.82, 2.24) is 20.2 Å². The highest BCUT2D eigenvalue weighted by atomic mass is 32.2. The van der Waals surface area contributed by atoms with Crippen molar-refractivity contribution in [3.05, 3.63) is 54.1 Å². The summed E-state index contributed by atoms with van der Waals surface area (Å²) in [6.07, 6.45) is 3.90. The molecule has 0 saturated heterocycles.